The van der Waals surface area contributed by atoms with Gasteiger partial charge in [-0.05, 0) is 18.4 Å². The number of nitrogens with two attached hydrogens (primary N) is 1. The van der Waals surface area contributed by atoms with Crippen LogP contribution >= 0.6 is 12.4 Å². The maximum atomic E-state index is 12.1. The zero-order valence-electron chi connectivity index (χ0n) is 12.4. The molecule has 1 atom stereocenters. The number of rotatable bonds is 5. The molecule has 116 valence electrons. The number of Topliss-reactive ketones (excluding diaryl/α,β-unsaturated/α-hetero) is 1. The molecule has 0 spiro atoms. The van der Waals surface area contributed by atoms with Crippen molar-refractivity contribution in [1.82, 2.24) is 4.90 Å². The number of nitrogens with zero attached hydrogens (tertiary/aromatic N) is 1. The van der Waals surface area contributed by atoms with Crippen molar-refractivity contribution in [3.63, 3.8) is 0 Å². The molecule has 1 heterocycles. The molecule has 5 heteroatoms. The summed E-state index contributed by atoms with van der Waals surface area (Å²) < 4.78 is 0. The molecule has 1 aromatic carbocycles. The fraction of sp³-hybridized carbons (Fsp3) is 0.500. The van der Waals surface area contributed by atoms with Crippen LogP contribution in [0.15, 0.2) is 30.3 Å². The number of hydrogen-bond acceptors (Lipinski definition) is 3. The van der Waals surface area contributed by atoms with E-state index in [4.69, 9.17) is 5.73 Å². The highest BCUT2D eigenvalue weighted by molar-refractivity contribution is 5.97. The predicted molar refractivity (Wildman–Crippen MR) is 85.6 cm³/mol. The summed E-state index contributed by atoms with van der Waals surface area (Å²) in [5.74, 6) is 0.0891. The third-order valence-electron chi connectivity index (χ3n) is 4.07. The zero-order chi connectivity index (χ0) is 14.6. The van der Waals surface area contributed by atoms with Crippen LogP contribution in [-0.4, -0.2) is 36.2 Å². The van der Waals surface area contributed by atoms with E-state index in [0.717, 1.165) is 13.0 Å². The molecule has 4 nitrogen and oxygen atoms in total. The molecule has 1 aliphatic rings. The van der Waals surface area contributed by atoms with E-state index in [1.807, 2.05) is 23.1 Å². The molecule has 2 N–H and O–H groups in total. The van der Waals surface area contributed by atoms with Crippen molar-refractivity contribution < 1.29 is 9.59 Å². The Balaban J connectivity index is 0.00000220. The van der Waals surface area contributed by atoms with Crippen molar-refractivity contribution in [2.75, 3.05) is 19.6 Å². The first kappa shape index (κ1) is 17.7. The first-order valence-corrected chi connectivity index (χ1v) is 7.10. The highest BCUT2D eigenvalue weighted by Gasteiger charge is 2.34. The second-order valence-corrected chi connectivity index (χ2v) is 5.87. The smallest absolute Gasteiger partial charge is 0.223 e. The molecule has 0 saturated carbocycles. The minimum atomic E-state index is 0. The molecule has 0 aromatic heterocycles. The molecule has 1 saturated heterocycles. The Hall–Kier alpha value is -1.39. The number of halogens is 1. The number of benzene rings is 1. The number of carbonyl (C=O) groups excluding carboxylic acids is 2. The Morgan fingerprint density at radius 3 is 2.48 bits per heavy atom. The number of amides is 1. The maximum Gasteiger partial charge on any atom is 0.223 e. The SMILES string of the molecule is CC1(CN)CCN(C(=O)CCC(=O)c2ccccc2)C1.Cl. The summed E-state index contributed by atoms with van der Waals surface area (Å²) in [7, 11) is 0. The van der Waals surface area contributed by atoms with Gasteiger partial charge in [0.05, 0.1) is 0 Å². The van der Waals surface area contributed by atoms with Gasteiger partial charge in [0.15, 0.2) is 5.78 Å². The number of likely N-dealkylation sites (tertiary alicyclic amines) is 1. The van der Waals surface area contributed by atoms with Gasteiger partial charge >= 0.3 is 0 Å². The first-order chi connectivity index (χ1) is 9.54. The number of ketones is 1. The third-order valence-corrected chi connectivity index (χ3v) is 4.07. The summed E-state index contributed by atoms with van der Waals surface area (Å²) in [6, 6.07) is 9.12. The normalized spacial score (nSPS) is 21.0. The molecule has 1 fully saturated rings. The van der Waals surface area contributed by atoms with Gasteiger partial charge in [0.25, 0.3) is 0 Å². The highest BCUT2D eigenvalue weighted by atomic mass is 35.5. The molecular weight excluding hydrogens is 288 g/mol. The van der Waals surface area contributed by atoms with Crippen LogP contribution in [0.2, 0.25) is 0 Å². The molecule has 0 bridgehead atoms. The quantitative estimate of drug-likeness (QED) is 0.849. The Bertz CT molecular complexity index is 492. The van der Waals surface area contributed by atoms with Gasteiger partial charge in [0, 0.05) is 31.5 Å². The van der Waals surface area contributed by atoms with Gasteiger partial charge in [-0.25, -0.2) is 0 Å². The largest absolute Gasteiger partial charge is 0.342 e. The second-order valence-electron chi connectivity index (χ2n) is 5.87. The molecule has 1 aliphatic heterocycles. The van der Waals surface area contributed by atoms with Crippen LogP contribution in [0.25, 0.3) is 0 Å². The van der Waals surface area contributed by atoms with Crippen molar-refractivity contribution in [1.29, 1.82) is 0 Å². The van der Waals surface area contributed by atoms with Crippen molar-refractivity contribution in [2.24, 2.45) is 11.1 Å². The Kier molecular flexibility index (Phi) is 6.37. The Labute approximate surface area is 132 Å². The number of hydrogen-bond donors (Lipinski definition) is 1. The molecule has 21 heavy (non-hydrogen) atoms. The van der Waals surface area contributed by atoms with Gasteiger partial charge in [0.2, 0.25) is 5.91 Å². The van der Waals surface area contributed by atoms with Crippen LogP contribution in [0.1, 0.15) is 36.5 Å². The molecule has 0 aliphatic carbocycles. The lowest BCUT2D eigenvalue weighted by molar-refractivity contribution is -0.130. The fourth-order valence-corrected chi connectivity index (χ4v) is 2.55. The van der Waals surface area contributed by atoms with Crippen LogP contribution in [0.5, 0.6) is 0 Å². The topological polar surface area (TPSA) is 63.4 Å². The monoisotopic (exact) mass is 310 g/mol. The van der Waals surface area contributed by atoms with E-state index in [2.05, 4.69) is 6.92 Å². The lowest BCUT2D eigenvalue weighted by Crippen LogP contribution is -2.34. The lowest BCUT2D eigenvalue weighted by Gasteiger charge is -2.22. The van der Waals surface area contributed by atoms with Crippen LogP contribution in [-0.2, 0) is 4.79 Å². The lowest BCUT2D eigenvalue weighted by atomic mass is 9.90. The van der Waals surface area contributed by atoms with E-state index in [1.165, 1.54) is 0 Å². The van der Waals surface area contributed by atoms with Crippen LogP contribution < -0.4 is 5.73 Å². The van der Waals surface area contributed by atoms with Gasteiger partial charge in [-0.2, -0.15) is 0 Å². The summed E-state index contributed by atoms with van der Waals surface area (Å²) in [4.78, 5) is 25.9. The molecule has 1 amide bonds. The zero-order valence-corrected chi connectivity index (χ0v) is 13.2. The second kappa shape index (κ2) is 7.57. The predicted octanol–water partition coefficient (Wildman–Crippen LogP) is 2.27. The minimum Gasteiger partial charge on any atom is -0.342 e. The molecular formula is C16H23ClN2O2. The summed E-state index contributed by atoms with van der Waals surface area (Å²) in [5, 5.41) is 0. The molecule has 2 rings (SSSR count). The van der Waals surface area contributed by atoms with Crippen molar-refractivity contribution in [3.8, 4) is 0 Å². The van der Waals surface area contributed by atoms with Gasteiger partial charge < -0.3 is 10.6 Å². The van der Waals surface area contributed by atoms with E-state index in [1.54, 1.807) is 12.1 Å². The third kappa shape index (κ3) is 4.55. The highest BCUT2D eigenvalue weighted by Crippen LogP contribution is 2.28. The fourth-order valence-electron chi connectivity index (χ4n) is 2.55. The minimum absolute atomic E-state index is 0. The van der Waals surface area contributed by atoms with Crippen molar-refractivity contribution in [2.45, 2.75) is 26.2 Å². The van der Waals surface area contributed by atoms with Gasteiger partial charge in [0.1, 0.15) is 0 Å². The summed E-state index contributed by atoms with van der Waals surface area (Å²) >= 11 is 0. The van der Waals surface area contributed by atoms with Crippen LogP contribution in [0.4, 0.5) is 0 Å². The van der Waals surface area contributed by atoms with E-state index in [-0.39, 0.29) is 42.4 Å². The Morgan fingerprint density at radius 1 is 1.24 bits per heavy atom. The number of carbonyl (C=O) groups is 2. The van der Waals surface area contributed by atoms with Gasteiger partial charge in [-0.1, -0.05) is 37.3 Å². The van der Waals surface area contributed by atoms with E-state index >= 15 is 0 Å². The van der Waals surface area contributed by atoms with Crippen molar-refractivity contribution >= 4 is 24.1 Å². The molecule has 1 aromatic rings. The maximum absolute atomic E-state index is 12.1. The average molecular weight is 311 g/mol. The van der Waals surface area contributed by atoms with E-state index < -0.39 is 0 Å². The summed E-state index contributed by atoms with van der Waals surface area (Å²) in [6.45, 7) is 4.17. The van der Waals surface area contributed by atoms with E-state index in [9.17, 15) is 9.59 Å². The standard InChI is InChI=1S/C16H22N2O2.ClH/c1-16(11-17)9-10-18(12-16)15(20)8-7-14(19)13-5-3-2-4-6-13;/h2-6H,7-12,17H2,1H3;1H. The molecule has 1 unspecified atom stereocenters. The van der Waals surface area contributed by atoms with Crippen LogP contribution in [0.3, 0.4) is 0 Å². The van der Waals surface area contributed by atoms with Crippen LogP contribution in [0, 0.1) is 5.41 Å². The first-order valence-electron chi connectivity index (χ1n) is 7.10. The Morgan fingerprint density at radius 2 is 1.90 bits per heavy atom. The van der Waals surface area contributed by atoms with Gasteiger partial charge in [-0.3, -0.25) is 9.59 Å². The average Bonchev–Trinajstić information content (AvgIpc) is 2.89. The van der Waals surface area contributed by atoms with Gasteiger partial charge in [-0.15, -0.1) is 12.4 Å². The summed E-state index contributed by atoms with van der Waals surface area (Å²) in [6.07, 6.45) is 1.51. The summed E-state index contributed by atoms with van der Waals surface area (Å²) in [5.41, 5.74) is 6.45. The molecule has 0 radical (unpaired) electrons. The van der Waals surface area contributed by atoms with Crippen molar-refractivity contribution in [3.05, 3.63) is 35.9 Å². The van der Waals surface area contributed by atoms with E-state index in [0.29, 0.717) is 18.7 Å².